The van der Waals surface area contributed by atoms with Gasteiger partial charge in [0.15, 0.2) is 0 Å². The van der Waals surface area contributed by atoms with E-state index in [4.69, 9.17) is 0 Å². The van der Waals surface area contributed by atoms with Gasteiger partial charge in [0.1, 0.15) is 0 Å². The van der Waals surface area contributed by atoms with Crippen molar-refractivity contribution in [1.82, 2.24) is 10.2 Å². The first-order valence-electron chi connectivity index (χ1n) is 9.03. The average molecular weight is 329 g/mol. The summed E-state index contributed by atoms with van der Waals surface area (Å²) in [5, 5.41) is 7.72. The molecule has 0 radical (unpaired) electrons. The van der Waals surface area contributed by atoms with Gasteiger partial charge in [-0.1, -0.05) is 37.6 Å². The molecule has 0 bridgehead atoms. The summed E-state index contributed by atoms with van der Waals surface area (Å²) < 4.78 is 0. The van der Waals surface area contributed by atoms with Crippen molar-refractivity contribution in [3.05, 3.63) is 64.7 Å². The molecular weight excluding hydrogens is 306 g/mol. The van der Waals surface area contributed by atoms with Gasteiger partial charge in [-0.2, -0.15) is 5.10 Å². The summed E-state index contributed by atoms with van der Waals surface area (Å²) in [6, 6.07) is 15.3. The maximum Gasteiger partial charge on any atom is 0.0927 e. The highest BCUT2D eigenvalue weighted by Gasteiger charge is 2.11. The Bertz CT molecular complexity index is 934. The van der Waals surface area contributed by atoms with Gasteiger partial charge in [0.2, 0.25) is 0 Å². The number of fused-ring (bicyclic) bond motifs is 1. The standard InChI is InChI=1S/C22H23N3/c1-3-4-5-16-6-7-17(10-15(16)2)21-12-22(25-24-21)18-8-9-19-13-23-14-20(19)11-18/h6-12,14H,3-5,13H2,1-2H3,(H,24,25). The molecule has 2 aromatic carbocycles. The Morgan fingerprint density at radius 3 is 2.76 bits per heavy atom. The molecule has 1 aliphatic rings. The van der Waals surface area contributed by atoms with E-state index in [1.165, 1.54) is 40.7 Å². The van der Waals surface area contributed by atoms with E-state index in [0.29, 0.717) is 0 Å². The van der Waals surface area contributed by atoms with Gasteiger partial charge in [0.05, 0.1) is 17.9 Å². The van der Waals surface area contributed by atoms with E-state index >= 15 is 0 Å². The van der Waals surface area contributed by atoms with Crippen LogP contribution in [0.15, 0.2) is 47.5 Å². The van der Waals surface area contributed by atoms with Gasteiger partial charge in [-0.3, -0.25) is 10.1 Å². The van der Waals surface area contributed by atoms with Gasteiger partial charge < -0.3 is 0 Å². The summed E-state index contributed by atoms with van der Waals surface area (Å²) in [5.41, 5.74) is 9.67. The number of nitrogens with zero attached hydrogens (tertiary/aromatic N) is 2. The Labute approximate surface area is 148 Å². The van der Waals surface area contributed by atoms with Crippen molar-refractivity contribution in [3.8, 4) is 22.5 Å². The number of aryl methyl sites for hydroxylation is 2. The van der Waals surface area contributed by atoms with Crippen molar-refractivity contribution in [2.75, 3.05) is 0 Å². The van der Waals surface area contributed by atoms with Crippen LogP contribution in [0.3, 0.4) is 0 Å². The van der Waals surface area contributed by atoms with Crippen molar-refractivity contribution < 1.29 is 0 Å². The topological polar surface area (TPSA) is 41.0 Å². The average Bonchev–Trinajstić information content (AvgIpc) is 3.29. The number of nitrogens with one attached hydrogen (secondary N) is 1. The summed E-state index contributed by atoms with van der Waals surface area (Å²) in [6.07, 6.45) is 5.59. The second-order valence-electron chi connectivity index (χ2n) is 6.80. The quantitative estimate of drug-likeness (QED) is 0.675. The molecule has 3 aromatic rings. The zero-order chi connectivity index (χ0) is 17.2. The van der Waals surface area contributed by atoms with E-state index < -0.39 is 0 Å². The number of aromatic nitrogens is 2. The van der Waals surface area contributed by atoms with E-state index in [9.17, 15) is 0 Å². The molecule has 126 valence electrons. The van der Waals surface area contributed by atoms with E-state index in [2.05, 4.69) is 71.5 Å². The molecule has 1 aromatic heterocycles. The molecule has 25 heavy (non-hydrogen) atoms. The lowest BCUT2D eigenvalue weighted by Crippen LogP contribution is -1.90. The first-order chi connectivity index (χ1) is 12.2. The summed E-state index contributed by atoms with van der Waals surface area (Å²) in [7, 11) is 0. The van der Waals surface area contributed by atoms with Crippen LogP contribution >= 0.6 is 0 Å². The number of unbranched alkanes of at least 4 members (excludes halogenated alkanes) is 1. The molecule has 4 rings (SSSR count). The maximum atomic E-state index is 4.53. The molecule has 2 heterocycles. The smallest absolute Gasteiger partial charge is 0.0927 e. The second-order valence-corrected chi connectivity index (χ2v) is 6.80. The molecular formula is C22H23N3. The molecule has 0 unspecified atom stereocenters. The highest BCUT2D eigenvalue weighted by Crippen LogP contribution is 2.28. The van der Waals surface area contributed by atoms with E-state index in [1.807, 2.05) is 6.21 Å². The van der Waals surface area contributed by atoms with E-state index in [1.54, 1.807) is 0 Å². The van der Waals surface area contributed by atoms with Crippen LogP contribution in [0.1, 0.15) is 42.0 Å². The minimum absolute atomic E-state index is 0.799. The van der Waals surface area contributed by atoms with Crippen LogP contribution in [-0.4, -0.2) is 16.4 Å². The maximum absolute atomic E-state index is 4.53. The number of aromatic amines is 1. The van der Waals surface area contributed by atoms with Crippen LogP contribution in [0.2, 0.25) is 0 Å². The lowest BCUT2D eigenvalue weighted by molar-refractivity contribution is 0.791. The fraction of sp³-hybridized carbons (Fsp3) is 0.273. The van der Waals surface area contributed by atoms with Gasteiger partial charge in [-0.05, 0) is 60.2 Å². The van der Waals surface area contributed by atoms with Crippen LogP contribution in [0.25, 0.3) is 22.5 Å². The third kappa shape index (κ3) is 3.14. The van der Waals surface area contributed by atoms with Crippen LogP contribution in [0, 0.1) is 6.92 Å². The SMILES string of the molecule is CCCCc1ccc(-c2cc(-c3ccc4c(c3)C=NC4)[nH]n2)cc1C. The minimum Gasteiger partial charge on any atom is -0.288 e. The van der Waals surface area contributed by atoms with Crippen LogP contribution in [-0.2, 0) is 13.0 Å². The monoisotopic (exact) mass is 329 g/mol. The molecule has 0 amide bonds. The van der Waals surface area contributed by atoms with Gasteiger partial charge in [0.25, 0.3) is 0 Å². The molecule has 0 saturated heterocycles. The highest BCUT2D eigenvalue weighted by molar-refractivity contribution is 5.86. The normalized spacial score (nSPS) is 12.6. The largest absolute Gasteiger partial charge is 0.288 e. The molecule has 0 spiro atoms. The fourth-order valence-corrected chi connectivity index (χ4v) is 3.39. The molecule has 0 fully saturated rings. The van der Waals surface area contributed by atoms with Crippen LogP contribution in [0.4, 0.5) is 0 Å². The predicted octanol–water partition coefficient (Wildman–Crippen LogP) is 5.33. The number of aliphatic imine (C=N–C) groups is 1. The van der Waals surface area contributed by atoms with Gasteiger partial charge in [0, 0.05) is 17.3 Å². The highest BCUT2D eigenvalue weighted by atomic mass is 15.1. The van der Waals surface area contributed by atoms with Gasteiger partial charge in [-0.15, -0.1) is 0 Å². The molecule has 1 aliphatic heterocycles. The first-order valence-corrected chi connectivity index (χ1v) is 9.03. The minimum atomic E-state index is 0.799. The van der Waals surface area contributed by atoms with E-state index in [0.717, 1.165) is 29.9 Å². The molecule has 1 N–H and O–H groups in total. The number of H-pyrrole nitrogens is 1. The van der Waals surface area contributed by atoms with Crippen LogP contribution < -0.4 is 0 Å². The lowest BCUT2D eigenvalue weighted by Gasteiger charge is -2.06. The Hall–Kier alpha value is -2.68. The van der Waals surface area contributed by atoms with Crippen molar-refractivity contribution in [2.24, 2.45) is 4.99 Å². The number of rotatable bonds is 5. The van der Waals surface area contributed by atoms with Gasteiger partial charge >= 0.3 is 0 Å². The third-order valence-electron chi connectivity index (χ3n) is 4.96. The second kappa shape index (κ2) is 6.67. The van der Waals surface area contributed by atoms with Crippen molar-refractivity contribution in [2.45, 2.75) is 39.7 Å². The first kappa shape index (κ1) is 15.8. The Balaban J connectivity index is 1.61. The summed E-state index contributed by atoms with van der Waals surface area (Å²) >= 11 is 0. The molecule has 3 heteroatoms. The van der Waals surface area contributed by atoms with Gasteiger partial charge in [-0.25, -0.2) is 0 Å². The lowest BCUT2D eigenvalue weighted by atomic mass is 9.99. The van der Waals surface area contributed by atoms with Crippen molar-refractivity contribution in [3.63, 3.8) is 0 Å². The number of benzene rings is 2. The fourth-order valence-electron chi connectivity index (χ4n) is 3.39. The Morgan fingerprint density at radius 2 is 1.92 bits per heavy atom. The number of hydrogen-bond donors (Lipinski definition) is 1. The van der Waals surface area contributed by atoms with Crippen LogP contribution in [0.5, 0.6) is 0 Å². The van der Waals surface area contributed by atoms with Crippen molar-refractivity contribution in [1.29, 1.82) is 0 Å². The predicted molar refractivity (Wildman–Crippen MR) is 104 cm³/mol. The Morgan fingerprint density at radius 1 is 1.04 bits per heavy atom. The van der Waals surface area contributed by atoms with Crippen molar-refractivity contribution >= 4 is 6.21 Å². The Kier molecular flexibility index (Phi) is 4.22. The zero-order valence-corrected chi connectivity index (χ0v) is 14.8. The summed E-state index contributed by atoms with van der Waals surface area (Å²) in [6.45, 7) is 5.23. The molecule has 3 nitrogen and oxygen atoms in total. The summed E-state index contributed by atoms with van der Waals surface area (Å²) in [5.74, 6) is 0. The van der Waals surface area contributed by atoms with E-state index in [-0.39, 0.29) is 0 Å². The molecule has 0 aliphatic carbocycles. The molecule has 0 atom stereocenters. The third-order valence-corrected chi connectivity index (χ3v) is 4.96. The number of hydrogen-bond acceptors (Lipinski definition) is 2. The summed E-state index contributed by atoms with van der Waals surface area (Å²) in [4.78, 5) is 4.33. The zero-order valence-electron chi connectivity index (χ0n) is 14.8. The molecule has 0 saturated carbocycles.